The molecule has 1 aliphatic rings. The highest BCUT2D eigenvalue weighted by molar-refractivity contribution is 9.10. The summed E-state index contributed by atoms with van der Waals surface area (Å²) in [7, 11) is 0. The third kappa shape index (κ3) is 5.21. The Balaban J connectivity index is 1.74. The minimum absolute atomic E-state index is 0.0510. The number of Topliss-reactive ketones (excluding diaryl/α,β-unsaturated/α-hetero) is 1. The second kappa shape index (κ2) is 8.44. The zero-order valence-electron chi connectivity index (χ0n) is 12.7. The van der Waals surface area contributed by atoms with Crippen molar-refractivity contribution in [3.8, 4) is 0 Å². The van der Waals surface area contributed by atoms with Crippen LogP contribution >= 0.6 is 15.9 Å². The van der Waals surface area contributed by atoms with Crippen molar-refractivity contribution in [2.24, 2.45) is 5.92 Å². The van der Waals surface area contributed by atoms with E-state index in [4.69, 9.17) is 9.47 Å². The molecule has 2 atom stereocenters. The molecule has 1 aromatic rings. The van der Waals surface area contributed by atoms with Crippen molar-refractivity contribution >= 4 is 27.7 Å². The van der Waals surface area contributed by atoms with E-state index in [0.29, 0.717) is 12.2 Å². The van der Waals surface area contributed by atoms with Gasteiger partial charge in [-0.1, -0.05) is 35.0 Å². The molecule has 0 radical (unpaired) electrons. The Bertz CT molecular complexity index is 523. The van der Waals surface area contributed by atoms with Gasteiger partial charge in [0, 0.05) is 29.5 Å². The highest BCUT2D eigenvalue weighted by Gasteiger charge is 2.21. The molecule has 5 heteroatoms. The molecule has 120 valence electrons. The molecule has 0 aliphatic carbocycles. The van der Waals surface area contributed by atoms with E-state index < -0.39 is 5.92 Å². The number of carbonyl (C=O) groups is 2. The van der Waals surface area contributed by atoms with E-state index in [1.807, 2.05) is 12.1 Å². The lowest BCUT2D eigenvalue weighted by atomic mass is 10.00. The summed E-state index contributed by atoms with van der Waals surface area (Å²) in [6, 6.07) is 7.18. The van der Waals surface area contributed by atoms with Crippen molar-refractivity contribution in [1.29, 1.82) is 0 Å². The standard InChI is InChI=1S/C17H21BrO4/c1-12(10-16(19)13-4-2-5-14(18)11-13)17(20)22-9-7-15-6-3-8-21-15/h2,4-5,11-12,15H,3,6-10H2,1H3. The summed E-state index contributed by atoms with van der Waals surface area (Å²) >= 11 is 3.34. The van der Waals surface area contributed by atoms with Crippen LogP contribution in [-0.2, 0) is 14.3 Å². The number of rotatable bonds is 7. The van der Waals surface area contributed by atoms with Crippen LogP contribution in [0.1, 0.15) is 43.0 Å². The van der Waals surface area contributed by atoms with Gasteiger partial charge < -0.3 is 9.47 Å². The van der Waals surface area contributed by atoms with Gasteiger partial charge in [-0.15, -0.1) is 0 Å². The first-order valence-corrected chi connectivity index (χ1v) is 8.42. The molecule has 0 N–H and O–H groups in total. The second-order valence-corrected chi connectivity index (χ2v) is 6.55. The second-order valence-electron chi connectivity index (χ2n) is 5.63. The minimum Gasteiger partial charge on any atom is -0.465 e. The fourth-order valence-electron chi connectivity index (χ4n) is 2.45. The van der Waals surface area contributed by atoms with Gasteiger partial charge in [0.05, 0.1) is 18.6 Å². The Morgan fingerprint density at radius 1 is 1.45 bits per heavy atom. The Hall–Kier alpha value is -1.20. The molecule has 2 unspecified atom stereocenters. The lowest BCUT2D eigenvalue weighted by Gasteiger charge is -2.13. The molecule has 1 heterocycles. The highest BCUT2D eigenvalue weighted by Crippen LogP contribution is 2.17. The maximum Gasteiger partial charge on any atom is 0.309 e. The molecule has 4 nitrogen and oxygen atoms in total. The van der Waals surface area contributed by atoms with Crippen LogP contribution in [0.25, 0.3) is 0 Å². The number of carbonyl (C=O) groups excluding carboxylic acids is 2. The monoisotopic (exact) mass is 368 g/mol. The summed E-state index contributed by atoms with van der Waals surface area (Å²) < 4.78 is 11.6. The van der Waals surface area contributed by atoms with Crippen molar-refractivity contribution in [3.63, 3.8) is 0 Å². The first-order chi connectivity index (χ1) is 10.6. The summed E-state index contributed by atoms with van der Waals surface area (Å²) in [4.78, 5) is 24.1. The van der Waals surface area contributed by atoms with Crippen molar-refractivity contribution in [3.05, 3.63) is 34.3 Å². The molecular weight excluding hydrogens is 348 g/mol. The van der Waals surface area contributed by atoms with Gasteiger partial charge in [-0.2, -0.15) is 0 Å². The Morgan fingerprint density at radius 3 is 2.95 bits per heavy atom. The zero-order valence-corrected chi connectivity index (χ0v) is 14.3. The summed E-state index contributed by atoms with van der Waals surface area (Å²) in [5.74, 6) is -0.804. The van der Waals surface area contributed by atoms with Gasteiger partial charge in [0.2, 0.25) is 0 Å². The molecule has 0 saturated carbocycles. The van der Waals surface area contributed by atoms with Gasteiger partial charge in [0.15, 0.2) is 5.78 Å². The van der Waals surface area contributed by atoms with Crippen molar-refractivity contribution in [1.82, 2.24) is 0 Å². The van der Waals surface area contributed by atoms with Crippen molar-refractivity contribution < 1.29 is 19.1 Å². The maximum absolute atomic E-state index is 12.1. The van der Waals surface area contributed by atoms with Gasteiger partial charge in [-0.05, 0) is 25.0 Å². The van der Waals surface area contributed by atoms with Crippen LogP contribution in [0.4, 0.5) is 0 Å². The van der Waals surface area contributed by atoms with Crippen LogP contribution in [0.5, 0.6) is 0 Å². The fraction of sp³-hybridized carbons (Fsp3) is 0.529. The van der Waals surface area contributed by atoms with E-state index in [2.05, 4.69) is 15.9 Å². The average Bonchev–Trinajstić information content (AvgIpc) is 3.00. The Kier molecular flexibility index (Phi) is 6.58. The van der Waals surface area contributed by atoms with Gasteiger partial charge in [-0.3, -0.25) is 9.59 Å². The number of ketones is 1. The topological polar surface area (TPSA) is 52.6 Å². The molecule has 1 saturated heterocycles. The van der Waals surface area contributed by atoms with E-state index in [0.717, 1.165) is 30.3 Å². The largest absolute Gasteiger partial charge is 0.465 e. The third-order valence-electron chi connectivity index (χ3n) is 3.75. The zero-order chi connectivity index (χ0) is 15.9. The van der Waals surface area contributed by atoms with Crippen LogP contribution < -0.4 is 0 Å². The molecule has 0 aromatic heterocycles. The van der Waals surface area contributed by atoms with Crippen LogP contribution in [0.2, 0.25) is 0 Å². The van der Waals surface area contributed by atoms with Crippen LogP contribution in [0.3, 0.4) is 0 Å². The summed E-state index contributed by atoms with van der Waals surface area (Å²) in [6.07, 6.45) is 3.23. The summed E-state index contributed by atoms with van der Waals surface area (Å²) in [5, 5.41) is 0. The molecule has 0 spiro atoms. The van der Waals surface area contributed by atoms with Gasteiger partial charge >= 0.3 is 5.97 Å². The number of benzene rings is 1. The molecular formula is C17H21BrO4. The number of hydrogen-bond acceptors (Lipinski definition) is 4. The Labute approximate surface area is 139 Å². The highest BCUT2D eigenvalue weighted by atomic mass is 79.9. The van der Waals surface area contributed by atoms with Gasteiger partial charge in [0.25, 0.3) is 0 Å². The van der Waals surface area contributed by atoms with Crippen LogP contribution in [0, 0.1) is 5.92 Å². The Morgan fingerprint density at radius 2 is 2.27 bits per heavy atom. The fourth-order valence-corrected chi connectivity index (χ4v) is 2.85. The van der Waals surface area contributed by atoms with E-state index in [1.54, 1.807) is 19.1 Å². The summed E-state index contributed by atoms with van der Waals surface area (Å²) in [6.45, 7) is 2.89. The first kappa shape index (κ1) is 17.2. The first-order valence-electron chi connectivity index (χ1n) is 7.63. The smallest absolute Gasteiger partial charge is 0.309 e. The predicted molar refractivity (Wildman–Crippen MR) is 86.8 cm³/mol. The molecule has 0 bridgehead atoms. The van der Waals surface area contributed by atoms with Crippen molar-refractivity contribution in [2.75, 3.05) is 13.2 Å². The van der Waals surface area contributed by atoms with Crippen LogP contribution in [-0.4, -0.2) is 31.1 Å². The van der Waals surface area contributed by atoms with E-state index in [-0.39, 0.29) is 24.3 Å². The normalized spacial score (nSPS) is 18.9. The lowest BCUT2D eigenvalue weighted by molar-refractivity contribution is -0.148. The van der Waals surface area contributed by atoms with E-state index in [9.17, 15) is 9.59 Å². The molecule has 1 aliphatic heterocycles. The van der Waals surface area contributed by atoms with Crippen molar-refractivity contribution in [2.45, 2.75) is 38.7 Å². The number of hydrogen-bond donors (Lipinski definition) is 0. The number of ether oxygens (including phenoxy) is 2. The molecule has 2 rings (SSSR count). The summed E-state index contributed by atoms with van der Waals surface area (Å²) in [5.41, 5.74) is 0.605. The van der Waals surface area contributed by atoms with Gasteiger partial charge in [-0.25, -0.2) is 0 Å². The van der Waals surface area contributed by atoms with E-state index in [1.165, 1.54) is 0 Å². The van der Waals surface area contributed by atoms with Gasteiger partial charge in [0.1, 0.15) is 0 Å². The lowest BCUT2D eigenvalue weighted by Crippen LogP contribution is -2.20. The predicted octanol–water partition coefficient (Wildman–Crippen LogP) is 3.77. The SMILES string of the molecule is CC(CC(=O)c1cccc(Br)c1)C(=O)OCCC1CCCO1. The van der Waals surface area contributed by atoms with Crippen LogP contribution in [0.15, 0.2) is 28.7 Å². The quantitative estimate of drug-likeness (QED) is 0.542. The molecule has 22 heavy (non-hydrogen) atoms. The average molecular weight is 369 g/mol. The number of halogens is 1. The molecule has 1 aromatic carbocycles. The molecule has 1 fully saturated rings. The minimum atomic E-state index is -0.434. The maximum atomic E-state index is 12.1. The number of esters is 1. The molecule has 0 amide bonds. The third-order valence-corrected chi connectivity index (χ3v) is 4.24. The van der Waals surface area contributed by atoms with E-state index >= 15 is 0 Å².